The Balaban J connectivity index is 2.15. The molecule has 0 aliphatic carbocycles. The molecule has 1 atom stereocenters. The second-order valence-corrected chi connectivity index (χ2v) is 4.61. The molecule has 19 heavy (non-hydrogen) atoms. The maximum atomic E-state index is 13.1. The molecule has 0 fully saturated rings. The van der Waals surface area contributed by atoms with Gasteiger partial charge in [-0.05, 0) is 42.3 Å². The van der Waals surface area contributed by atoms with Gasteiger partial charge in [0.1, 0.15) is 11.6 Å². The fraction of sp³-hybridized carbons (Fsp3) is 0.267. The van der Waals surface area contributed by atoms with Gasteiger partial charge in [-0.15, -0.1) is 0 Å². The minimum absolute atomic E-state index is 0.239. The lowest BCUT2D eigenvalue weighted by atomic mass is 10.1. The first-order chi connectivity index (χ1) is 9.06. The fourth-order valence-corrected chi connectivity index (χ4v) is 1.89. The Labute approximate surface area is 112 Å². The van der Waals surface area contributed by atoms with Crippen LogP contribution in [0, 0.1) is 5.82 Å². The van der Waals surface area contributed by atoms with Gasteiger partial charge in [-0.2, -0.15) is 0 Å². The third kappa shape index (κ3) is 3.51. The van der Waals surface area contributed by atoms with Crippen molar-refractivity contribution in [1.29, 1.82) is 0 Å². The number of halogens is 1. The summed E-state index contributed by atoms with van der Waals surface area (Å²) >= 11 is 0. The summed E-state index contributed by atoms with van der Waals surface area (Å²) in [4.78, 5) is 6.18. The third-order valence-corrected chi connectivity index (χ3v) is 2.95. The molecule has 0 aliphatic rings. The summed E-state index contributed by atoms with van der Waals surface area (Å²) in [6.45, 7) is 2.28. The molecule has 0 bridgehead atoms. The highest BCUT2D eigenvalue weighted by molar-refractivity contribution is 5.41. The second kappa shape index (κ2) is 5.80. The van der Waals surface area contributed by atoms with Crippen LogP contribution in [0.5, 0.6) is 0 Å². The molecule has 1 heterocycles. The molecule has 100 valence electrons. The van der Waals surface area contributed by atoms with E-state index in [2.05, 4.69) is 4.98 Å². The first-order valence-corrected chi connectivity index (χ1v) is 6.16. The molecule has 0 saturated heterocycles. The van der Waals surface area contributed by atoms with Crippen molar-refractivity contribution in [2.24, 2.45) is 0 Å². The van der Waals surface area contributed by atoms with Crippen molar-refractivity contribution in [3.63, 3.8) is 0 Å². The predicted octanol–water partition coefficient (Wildman–Crippen LogP) is 2.91. The molecule has 0 aliphatic heterocycles. The Morgan fingerprint density at radius 2 is 2.11 bits per heavy atom. The average Bonchev–Trinajstić information content (AvgIpc) is 2.39. The van der Waals surface area contributed by atoms with E-state index in [0.29, 0.717) is 6.54 Å². The molecule has 1 unspecified atom stereocenters. The number of hydrogen-bond acceptors (Lipinski definition) is 3. The van der Waals surface area contributed by atoms with Crippen molar-refractivity contribution < 1.29 is 9.50 Å². The van der Waals surface area contributed by atoms with E-state index in [-0.39, 0.29) is 5.82 Å². The van der Waals surface area contributed by atoms with Crippen LogP contribution in [0.1, 0.15) is 24.2 Å². The molecule has 3 nitrogen and oxygen atoms in total. The van der Waals surface area contributed by atoms with Crippen LogP contribution in [-0.4, -0.2) is 17.1 Å². The SMILES string of the molecule is CC(O)c1ccnc(N(C)Cc2cccc(F)c2)c1. The summed E-state index contributed by atoms with van der Waals surface area (Å²) in [6, 6.07) is 10.1. The van der Waals surface area contributed by atoms with E-state index >= 15 is 0 Å². The third-order valence-electron chi connectivity index (χ3n) is 2.95. The second-order valence-electron chi connectivity index (χ2n) is 4.61. The van der Waals surface area contributed by atoms with Crippen LogP contribution in [0.15, 0.2) is 42.6 Å². The van der Waals surface area contributed by atoms with Crippen molar-refractivity contribution >= 4 is 5.82 Å². The first kappa shape index (κ1) is 13.5. The number of aliphatic hydroxyl groups excluding tert-OH is 1. The number of anilines is 1. The number of pyridine rings is 1. The van der Waals surface area contributed by atoms with Crippen molar-refractivity contribution in [2.45, 2.75) is 19.6 Å². The Morgan fingerprint density at radius 1 is 1.32 bits per heavy atom. The quantitative estimate of drug-likeness (QED) is 0.918. The summed E-state index contributed by atoms with van der Waals surface area (Å²) in [5.41, 5.74) is 1.70. The van der Waals surface area contributed by atoms with Gasteiger partial charge in [0.25, 0.3) is 0 Å². The monoisotopic (exact) mass is 260 g/mol. The summed E-state index contributed by atoms with van der Waals surface area (Å²) in [6.07, 6.45) is 1.14. The summed E-state index contributed by atoms with van der Waals surface area (Å²) in [7, 11) is 1.89. The number of nitrogens with zero attached hydrogens (tertiary/aromatic N) is 2. The van der Waals surface area contributed by atoms with Crippen molar-refractivity contribution in [3.8, 4) is 0 Å². The molecule has 1 N–H and O–H groups in total. The van der Waals surface area contributed by atoms with Crippen LogP contribution in [0.2, 0.25) is 0 Å². The van der Waals surface area contributed by atoms with E-state index in [9.17, 15) is 9.50 Å². The van der Waals surface area contributed by atoms with E-state index in [1.54, 1.807) is 25.3 Å². The number of benzene rings is 1. The van der Waals surface area contributed by atoms with Gasteiger partial charge < -0.3 is 10.0 Å². The van der Waals surface area contributed by atoms with Crippen LogP contribution < -0.4 is 4.90 Å². The van der Waals surface area contributed by atoms with Gasteiger partial charge >= 0.3 is 0 Å². The summed E-state index contributed by atoms with van der Waals surface area (Å²) < 4.78 is 13.1. The molecule has 4 heteroatoms. The molecule has 0 spiro atoms. The highest BCUT2D eigenvalue weighted by Gasteiger charge is 2.07. The van der Waals surface area contributed by atoms with Crippen molar-refractivity contribution in [2.75, 3.05) is 11.9 Å². The molecular weight excluding hydrogens is 243 g/mol. The van der Waals surface area contributed by atoms with E-state index in [4.69, 9.17) is 0 Å². The van der Waals surface area contributed by atoms with Crippen molar-refractivity contribution in [1.82, 2.24) is 4.98 Å². The predicted molar refractivity (Wildman–Crippen MR) is 73.4 cm³/mol. The summed E-state index contributed by atoms with van der Waals surface area (Å²) in [5, 5.41) is 9.56. The van der Waals surface area contributed by atoms with Gasteiger partial charge in [-0.3, -0.25) is 0 Å². The van der Waals surface area contributed by atoms with E-state index < -0.39 is 6.10 Å². The maximum Gasteiger partial charge on any atom is 0.128 e. The van der Waals surface area contributed by atoms with Crippen LogP contribution in [0.4, 0.5) is 10.2 Å². The molecule has 0 amide bonds. The van der Waals surface area contributed by atoms with Gasteiger partial charge in [0.15, 0.2) is 0 Å². The van der Waals surface area contributed by atoms with Crippen LogP contribution >= 0.6 is 0 Å². The van der Waals surface area contributed by atoms with Gasteiger partial charge in [0.05, 0.1) is 6.10 Å². The minimum atomic E-state index is -0.524. The highest BCUT2D eigenvalue weighted by atomic mass is 19.1. The average molecular weight is 260 g/mol. The normalized spacial score (nSPS) is 12.2. The lowest BCUT2D eigenvalue weighted by Crippen LogP contribution is -2.18. The topological polar surface area (TPSA) is 36.4 Å². The van der Waals surface area contributed by atoms with Crippen LogP contribution in [0.25, 0.3) is 0 Å². The lowest BCUT2D eigenvalue weighted by Gasteiger charge is -2.19. The molecular formula is C15H17FN2O. The fourth-order valence-electron chi connectivity index (χ4n) is 1.89. The number of hydrogen-bond donors (Lipinski definition) is 1. The van der Waals surface area contributed by atoms with E-state index in [0.717, 1.165) is 16.9 Å². The zero-order valence-corrected chi connectivity index (χ0v) is 11.0. The molecule has 1 aromatic heterocycles. The Hall–Kier alpha value is -1.94. The van der Waals surface area contributed by atoms with Crippen molar-refractivity contribution in [3.05, 3.63) is 59.5 Å². The first-order valence-electron chi connectivity index (χ1n) is 6.16. The summed E-state index contributed by atoms with van der Waals surface area (Å²) in [5.74, 6) is 0.513. The Morgan fingerprint density at radius 3 is 2.79 bits per heavy atom. The maximum absolute atomic E-state index is 13.1. The number of aliphatic hydroxyl groups is 1. The smallest absolute Gasteiger partial charge is 0.128 e. The zero-order chi connectivity index (χ0) is 13.8. The van der Waals surface area contributed by atoms with E-state index in [1.165, 1.54) is 12.1 Å². The molecule has 0 radical (unpaired) electrons. The minimum Gasteiger partial charge on any atom is -0.389 e. The van der Waals surface area contributed by atoms with Gasteiger partial charge in [0.2, 0.25) is 0 Å². The van der Waals surface area contributed by atoms with Gasteiger partial charge in [-0.25, -0.2) is 9.37 Å². The Kier molecular flexibility index (Phi) is 4.12. The lowest BCUT2D eigenvalue weighted by molar-refractivity contribution is 0.199. The molecule has 0 saturated carbocycles. The zero-order valence-electron chi connectivity index (χ0n) is 11.0. The number of aromatic nitrogens is 1. The molecule has 2 rings (SSSR count). The highest BCUT2D eigenvalue weighted by Crippen LogP contribution is 2.18. The molecule has 2 aromatic rings. The van der Waals surface area contributed by atoms with Crippen LogP contribution in [-0.2, 0) is 6.54 Å². The van der Waals surface area contributed by atoms with Gasteiger partial charge in [0, 0.05) is 19.8 Å². The number of rotatable bonds is 4. The Bertz CT molecular complexity index is 557. The van der Waals surface area contributed by atoms with Gasteiger partial charge in [-0.1, -0.05) is 12.1 Å². The largest absolute Gasteiger partial charge is 0.389 e. The van der Waals surface area contributed by atoms with E-state index in [1.807, 2.05) is 24.1 Å². The standard InChI is InChI=1S/C15H17FN2O/c1-11(19)13-6-7-17-15(9-13)18(2)10-12-4-3-5-14(16)8-12/h3-9,11,19H,10H2,1-2H3. The van der Waals surface area contributed by atoms with Crippen LogP contribution in [0.3, 0.4) is 0 Å². The molecule has 1 aromatic carbocycles.